The van der Waals surface area contributed by atoms with Crippen LogP contribution in [-0.2, 0) is 0 Å². The quantitative estimate of drug-likeness (QED) is 0.635. The van der Waals surface area contributed by atoms with Gasteiger partial charge < -0.3 is 5.11 Å². The summed E-state index contributed by atoms with van der Waals surface area (Å²) in [6.07, 6.45) is 1.34. The molecule has 2 heteroatoms. The maximum Gasteiger partial charge on any atom is 0.0793 e. The lowest BCUT2D eigenvalue weighted by molar-refractivity contribution is -0.00208. The fourth-order valence-electron chi connectivity index (χ4n) is 1.89. The van der Waals surface area contributed by atoms with E-state index in [1.807, 2.05) is 0 Å². The first-order valence-corrected chi connectivity index (χ1v) is 4.48. The van der Waals surface area contributed by atoms with Gasteiger partial charge in [0.05, 0.1) is 6.10 Å². The second-order valence-electron chi connectivity index (χ2n) is 4.76. The first-order valence-electron chi connectivity index (χ1n) is 4.48. The zero-order valence-corrected chi connectivity index (χ0v) is 7.38. The first-order chi connectivity index (χ1) is 5.08. The largest absolute Gasteiger partial charge is 0.390 e. The molecular weight excluding hydrogens is 138 g/mol. The number of hydrogen-bond acceptors (Lipinski definition) is 2. The summed E-state index contributed by atoms with van der Waals surface area (Å²) >= 11 is 0. The van der Waals surface area contributed by atoms with Crippen molar-refractivity contribution in [1.82, 2.24) is 4.90 Å². The monoisotopic (exact) mass is 155 g/mol. The highest BCUT2D eigenvalue weighted by Crippen LogP contribution is 2.52. The van der Waals surface area contributed by atoms with E-state index in [-0.39, 0.29) is 6.10 Å². The third kappa shape index (κ3) is 1.42. The summed E-state index contributed by atoms with van der Waals surface area (Å²) in [4.78, 5) is 2.35. The van der Waals surface area contributed by atoms with E-state index in [4.69, 9.17) is 5.11 Å². The minimum atomic E-state index is -0.0307. The normalized spacial score (nSPS) is 36.8. The van der Waals surface area contributed by atoms with Crippen LogP contribution in [0.25, 0.3) is 0 Å². The van der Waals surface area contributed by atoms with Crippen molar-refractivity contribution in [2.75, 3.05) is 19.6 Å². The SMILES string of the molecule is CC1(C)CC1CN1CC(O)C1. The fraction of sp³-hybridized carbons (Fsp3) is 1.00. The number of hydrogen-bond donors (Lipinski definition) is 1. The molecule has 0 spiro atoms. The Morgan fingerprint density at radius 1 is 1.45 bits per heavy atom. The second kappa shape index (κ2) is 2.20. The molecule has 0 aromatic heterocycles. The molecule has 0 aromatic carbocycles. The van der Waals surface area contributed by atoms with Gasteiger partial charge in [-0.2, -0.15) is 0 Å². The molecule has 2 nitrogen and oxygen atoms in total. The van der Waals surface area contributed by atoms with Gasteiger partial charge in [-0.3, -0.25) is 4.90 Å². The molecule has 0 amide bonds. The Labute approximate surface area is 68.2 Å². The molecule has 2 rings (SSSR count). The summed E-state index contributed by atoms with van der Waals surface area (Å²) in [6.45, 7) is 7.69. The molecule has 2 aliphatic rings. The average molecular weight is 155 g/mol. The molecular formula is C9H17NO. The zero-order valence-electron chi connectivity index (χ0n) is 7.38. The van der Waals surface area contributed by atoms with E-state index in [2.05, 4.69) is 18.7 Å². The molecule has 1 heterocycles. The van der Waals surface area contributed by atoms with E-state index in [1.54, 1.807) is 0 Å². The topological polar surface area (TPSA) is 23.5 Å². The number of aliphatic hydroxyl groups excluding tert-OH is 1. The molecule has 1 N–H and O–H groups in total. The van der Waals surface area contributed by atoms with Crippen LogP contribution in [0, 0.1) is 11.3 Å². The Kier molecular flexibility index (Phi) is 1.52. The third-order valence-corrected chi connectivity index (χ3v) is 3.13. The Bertz CT molecular complexity index is 161. The van der Waals surface area contributed by atoms with E-state index in [0.717, 1.165) is 19.0 Å². The van der Waals surface area contributed by atoms with Crippen molar-refractivity contribution >= 4 is 0 Å². The lowest BCUT2D eigenvalue weighted by Crippen LogP contribution is -2.51. The van der Waals surface area contributed by atoms with Gasteiger partial charge in [0.1, 0.15) is 0 Å². The molecule has 0 bridgehead atoms. The molecule has 0 radical (unpaired) electrons. The summed E-state index contributed by atoms with van der Waals surface area (Å²) in [5.74, 6) is 0.898. The van der Waals surface area contributed by atoms with E-state index in [9.17, 15) is 0 Å². The van der Waals surface area contributed by atoms with Crippen LogP contribution in [0.3, 0.4) is 0 Å². The van der Waals surface area contributed by atoms with Crippen LogP contribution < -0.4 is 0 Å². The summed E-state index contributed by atoms with van der Waals surface area (Å²) in [6, 6.07) is 0. The van der Waals surface area contributed by atoms with Crippen LogP contribution in [0.2, 0.25) is 0 Å². The molecule has 1 aliphatic carbocycles. The van der Waals surface area contributed by atoms with Gasteiger partial charge in [0.2, 0.25) is 0 Å². The van der Waals surface area contributed by atoms with Crippen LogP contribution in [0.15, 0.2) is 0 Å². The third-order valence-electron chi connectivity index (χ3n) is 3.13. The fourth-order valence-corrected chi connectivity index (χ4v) is 1.89. The zero-order chi connectivity index (χ0) is 8.06. The predicted octanol–water partition coefficient (Wildman–Crippen LogP) is 0.709. The predicted molar refractivity (Wildman–Crippen MR) is 44.3 cm³/mol. The van der Waals surface area contributed by atoms with Gasteiger partial charge in [0.25, 0.3) is 0 Å². The summed E-state index contributed by atoms with van der Waals surface area (Å²) in [5, 5.41) is 9.04. The number of rotatable bonds is 2. The molecule has 11 heavy (non-hydrogen) atoms. The van der Waals surface area contributed by atoms with Crippen molar-refractivity contribution < 1.29 is 5.11 Å². The standard InChI is InChI=1S/C9H17NO/c1-9(2)3-7(9)4-10-5-8(11)6-10/h7-8,11H,3-6H2,1-2H3. The maximum atomic E-state index is 9.04. The first kappa shape index (κ1) is 7.56. The number of β-amino-alcohol motifs (C(OH)–C–C–N with tert-alkyl or cyclic N) is 1. The summed E-state index contributed by atoms with van der Waals surface area (Å²) < 4.78 is 0. The molecule has 1 aliphatic heterocycles. The number of likely N-dealkylation sites (tertiary alicyclic amines) is 1. The Morgan fingerprint density at radius 2 is 2.00 bits per heavy atom. The van der Waals surface area contributed by atoms with Gasteiger partial charge in [-0.05, 0) is 17.8 Å². The molecule has 0 aromatic rings. The van der Waals surface area contributed by atoms with Crippen molar-refractivity contribution in [3.05, 3.63) is 0 Å². The van der Waals surface area contributed by atoms with Gasteiger partial charge in [-0.1, -0.05) is 13.8 Å². The Morgan fingerprint density at radius 3 is 2.36 bits per heavy atom. The molecule has 1 unspecified atom stereocenters. The van der Waals surface area contributed by atoms with Crippen LogP contribution in [-0.4, -0.2) is 35.7 Å². The molecule has 1 atom stereocenters. The van der Waals surface area contributed by atoms with Gasteiger partial charge in [-0.15, -0.1) is 0 Å². The van der Waals surface area contributed by atoms with Crippen molar-refractivity contribution in [2.45, 2.75) is 26.4 Å². The van der Waals surface area contributed by atoms with E-state index in [0.29, 0.717) is 5.41 Å². The van der Waals surface area contributed by atoms with Gasteiger partial charge >= 0.3 is 0 Å². The van der Waals surface area contributed by atoms with Gasteiger partial charge in [0.15, 0.2) is 0 Å². The van der Waals surface area contributed by atoms with E-state index < -0.39 is 0 Å². The second-order valence-corrected chi connectivity index (χ2v) is 4.76. The summed E-state index contributed by atoms with van der Waals surface area (Å²) in [7, 11) is 0. The minimum Gasteiger partial charge on any atom is -0.390 e. The van der Waals surface area contributed by atoms with E-state index in [1.165, 1.54) is 13.0 Å². The average Bonchev–Trinajstić information content (AvgIpc) is 2.36. The highest BCUT2D eigenvalue weighted by Gasteiger charge is 2.47. The minimum absolute atomic E-state index is 0.0307. The highest BCUT2D eigenvalue weighted by atomic mass is 16.3. The lowest BCUT2D eigenvalue weighted by atomic mass is 10.1. The van der Waals surface area contributed by atoms with Crippen LogP contribution >= 0.6 is 0 Å². The molecule has 64 valence electrons. The molecule has 1 saturated carbocycles. The Hall–Kier alpha value is -0.0800. The van der Waals surface area contributed by atoms with Crippen molar-refractivity contribution in [1.29, 1.82) is 0 Å². The smallest absolute Gasteiger partial charge is 0.0793 e. The van der Waals surface area contributed by atoms with Gasteiger partial charge in [-0.25, -0.2) is 0 Å². The Balaban J connectivity index is 1.69. The molecule has 2 fully saturated rings. The molecule has 1 saturated heterocycles. The lowest BCUT2D eigenvalue weighted by Gasteiger charge is -2.36. The number of nitrogens with zero attached hydrogens (tertiary/aromatic N) is 1. The summed E-state index contributed by atoms with van der Waals surface area (Å²) in [5.41, 5.74) is 0.598. The van der Waals surface area contributed by atoms with Gasteiger partial charge in [0, 0.05) is 19.6 Å². The van der Waals surface area contributed by atoms with Crippen molar-refractivity contribution in [3.8, 4) is 0 Å². The van der Waals surface area contributed by atoms with Crippen molar-refractivity contribution in [3.63, 3.8) is 0 Å². The van der Waals surface area contributed by atoms with E-state index >= 15 is 0 Å². The van der Waals surface area contributed by atoms with Crippen LogP contribution in [0.5, 0.6) is 0 Å². The van der Waals surface area contributed by atoms with Crippen LogP contribution in [0.4, 0.5) is 0 Å². The van der Waals surface area contributed by atoms with Crippen molar-refractivity contribution in [2.24, 2.45) is 11.3 Å². The maximum absolute atomic E-state index is 9.04. The number of aliphatic hydroxyl groups is 1. The highest BCUT2D eigenvalue weighted by molar-refractivity contribution is 4.98. The van der Waals surface area contributed by atoms with Crippen LogP contribution in [0.1, 0.15) is 20.3 Å².